The zero-order valence-electron chi connectivity index (χ0n) is 16.7. The number of benzene rings is 1. The van der Waals surface area contributed by atoms with Gasteiger partial charge in [-0.05, 0) is 50.6 Å². The van der Waals surface area contributed by atoms with Crippen LogP contribution in [0.25, 0.3) is 22.2 Å². The van der Waals surface area contributed by atoms with E-state index in [0.717, 1.165) is 38.5 Å². The van der Waals surface area contributed by atoms with Gasteiger partial charge in [0.15, 0.2) is 5.82 Å². The van der Waals surface area contributed by atoms with Gasteiger partial charge in [0.2, 0.25) is 0 Å². The molecule has 3 heterocycles. The number of fused-ring (bicyclic) bond motifs is 1. The largest absolute Gasteiger partial charge is 0.507 e. The summed E-state index contributed by atoms with van der Waals surface area (Å²) >= 11 is 0. The van der Waals surface area contributed by atoms with Gasteiger partial charge in [0, 0.05) is 18.2 Å². The number of anilines is 1. The number of likely N-dealkylation sites (tertiary alicyclic amines) is 1. The van der Waals surface area contributed by atoms with E-state index in [-0.39, 0.29) is 22.9 Å². The van der Waals surface area contributed by atoms with Crippen molar-refractivity contribution in [1.29, 1.82) is 0 Å². The van der Waals surface area contributed by atoms with Crippen LogP contribution in [0.1, 0.15) is 30.9 Å². The van der Waals surface area contributed by atoms with Crippen LogP contribution in [-0.2, 0) is 6.18 Å². The lowest BCUT2D eigenvalue weighted by Crippen LogP contribution is -2.42. The normalized spacial score (nSPS) is 18.1. The highest BCUT2D eigenvalue weighted by atomic mass is 19.4. The van der Waals surface area contributed by atoms with Crippen LogP contribution >= 0.6 is 0 Å². The number of aromatic hydroxyl groups is 1. The molecule has 0 saturated carbocycles. The number of hydrogen-bond acceptors (Lipinski definition) is 6. The van der Waals surface area contributed by atoms with Gasteiger partial charge < -0.3 is 15.3 Å². The number of phenols is 1. The summed E-state index contributed by atoms with van der Waals surface area (Å²) in [4.78, 5) is 2.36. The van der Waals surface area contributed by atoms with Gasteiger partial charge >= 0.3 is 6.18 Å². The van der Waals surface area contributed by atoms with E-state index in [9.17, 15) is 18.3 Å². The molecule has 0 unspecified atom stereocenters. The van der Waals surface area contributed by atoms with Crippen LogP contribution in [0.15, 0.2) is 18.3 Å². The molecule has 30 heavy (non-hydrogen) atoms. The van der Waals surface area contributed by atoms with Crippen molar-refractivity contribution in [2.75, 3.05) is 25.0 Å². The molecule has 1 aromatic carbocycles. The van der Waals surface area contributed by atoms with Crippen molar-refractivity contribution in [2.24, 2.45) is 0 Å². The molecule has 1 aliphatic heterocycles. The van der Waals surface area contributed by atoms with Gasteiger partial charge in [0.05, 0.1) is 22.7 Å². The maximum atomic E-state index is 13.0. The second kappa shape index (κ2) is 7.75. The number of piperidine rings is 1. The van der Waals surface area contributed by atoms with Crippen molar-refractivity contribution >= 4 is 16.7 Å². The number of likely N-dealkylation sites (N-methyl/N-ethyl adjacent to an activating group) is 1. The molecule has 0 spiro atoms. The third-order valence-electron chi connectivity index (χ3n) is 5.55. The first-order chi connectivity index (χ1) is 14.3. The number of aromatic nitrogens is 4. The molecule has 0 amide bonds. The Morgan fingerprint density at radius 1 is 1.30 bits per heavy atom. The minimum Gasteiger partial charge on any atom is -0.507 e. The standard InChI is InChI=1S/C20H23F3N6O/c1-3-29-6-4-5-13(10-29)25-19-14-9-24-26-17(14)18(27-28-19)16-11(2)7-12(8-15(16)30)20(21,22)23/h7-9,13,30H,3-6,10H2,1-2H3,(H,24,26)(H,25,28)/t13-/m1/s1. The monoisotopic (exact) mass is 420 g/mol. The molecular formula is C20H23F3N6O. The first kappa shape index (κ1) is 20.4. The van der Waals surface area contributed by atoms with E-state index in [1.807, 2.05) is 0 Å². The zero-order valence-corrected chi connectivity index (χ0v) is 16.7. The summed E-state index contributed by atoms with van der Waals surface area (Å²) in [5, 5.41) is 29.9. The Morgan fingerprint density at radius 2 is 2.10 bits per heavy atom. The maximum absolute atomic E-state index is 13.0. The highest BCUT2D eigenvalue weighted by Gasteiger charge is 2.32. The van der Waals surface area contributed by atoms with E-state index >= 15 is 0 Å². The van der Waals surface area contributed by atoms with Crippen LogP contribution in [0.2, 0.25) is 0 Å². The number of phenolic OH excluding ortho intramolecular Hbond substituents is 1. The fraction of sp³-hybridized carbons (Fsp3) is 0.450. The van der Waals surface area contributed by atoms with Crippen LogP contribution in [0, 0.1) is 6.92 Å². The number of hydrogen-bond donors (Lipinski definition) is 3. The molecule has 4 rings (SSSR count). The Kier molecular flexibility index (Phi) is 5.27. The van der Waals surface area contributed by atoms with E-state index in [0.29, 0.717) is 22.8 Å². The molecule has 3 N–H and O–H groups in total. The summed E-state index contributed by atoms with van der Waals surface area (Å²) in [6.07, 6.45) is -0.842. The average Bonchev–Trinajstić information content (AvgIpc) is 3.19. The number of nitrogens with zero attached hydrogens (tertiary/aromatic N) is 4. The number of rotatable bonds is 4. The first-order valence-electron chi connectivity index (χ1n) is 9.87. The van der Waals surface area contributed by atoms with E-state index in [2.05, 4.69) is 37.5 Å². The van der Waals surface area contributed by atoms with Crippen molar-refractivity contribution in [3.63, 3.8) is 0 Å². The number of aromatic amines is 1. The maximum Gasteiger partial charge on any atom is 0.416 e. The van der Waals surface area contributed by atoms with E-state index in [4.69, 9.17) is 0 Å². The quantitative estimate of drug-likeness (QED) is 0.592. The van der Waals surface area contributed by atoms with Crippen LogP contribution in [0.3, 0.4) is 0 Å². The van der Waals surface area contributed by atoms with E-state index in [1.165, 1.54) is 6.92 Å². The third-order valence-corrected chi connectivity index (χ3v) is 5.55. The molecule has 1 fully saturated rings. The molecule has 10 heteroatoms. The lowest BCUT2D eigenvalue weighted by molar-refractivity contribution is -0.137. The van der Waals surface area contributed by atoms with Gasteiger partial charge in [0.25, 0.3) is 0 Å². The SMILES string of the molecule is CCN1CCC[C@@H](Nc2nnc(-c3c(C)cc(C(F)(F)F)cc3O)c3[nH]ncc23)C1. The van der Waals surface area contributed by atoms with Crippen molar-refractivity contribution in [3.8, 4) is 17.0 Å². The van der Waals surface area contributed by atoms with E-state index < -0.39 is 17.5 Å². The molecule has 1 atom stereocenters. The molecule has 2 aromatic heterocycles. The lowest BCUT2D eigenvalue weighted by atomic mass is 9.99. The molecule has 160 valence electrons. The Bertz CT molecular complexity index is 1040. The summed E-state index contributed by atoms with van der Waals surface area (Å²) in [5.41, 5.74) is 0.306. The Morgan fingerprint density at radius 3 is 2.80 bits per heavy atom. The summed E-state index contributed by atoms with van der Waals surface area (Å²) < 4.78 is 39.1. The Labute approximate surface area is 171 Å². The van der Waals surface area contributed by atoms with Crippen molar-refractivity contribution in [3.05, 3.63) is 29.5 Å². The minimum absolute atomic E-state index is 0.200. The fourth-order valence-corrected chi connectivity index (χ4v) is 4.03. The van der Waals surface area contributed by atoms with Crippen molar-refractivity contribution < 1.29 is 18.3 Å². The van der Waals surface area contributed by atoms with Gasteiger partial charge in [-0.3, -0.25) is 5.10 Å². The highest BCUT2D eigenvalue weighted by molar-refractivity contribution is 5.98. The molecular weight excluding hydrogens is 397 g/mol. The number of halogens is 3. The molecule has 7 nitrogen and oxygen atoms in total. The summed E-state index contributed by atoms with van der Waals surface area (Å²) in [7, 11) is 0. The minimum atomic E-state index is -4.55. The molecule has 3 aromatic rings. The van der Waals surface area contributed by atoms with Crippen LogP contribution < -0.4 is 5.32 Å². The van der Waals surface area contributed by atoms with Gasteiger partial charge in [-0.25, -0.2) is 0 Å². The molecule has 1 aliphatic rings. The molecule has 1 saturated heterocycles. The lowest BCUT2D eigenvalue weighted by Gasteiger charge is -2.32. The van der Waals surface area contributed by atoms with Crippen LogP contribution in [0.5, 0.6) is 5.75 Å². The van der Waals surface area contributed by atoms with Crippen LogP contribution in [-0.4, -0.2) is 56.1 Å². The van der Waals surface area contributed by atoms with E-state index in [1.54, 1.807) is 6.20 Å². The van der Waals surface area contributed by atoms with Gasteiger partial charge in [0.1, 0.15) is 11.4 Å². The number of alkyl halides is 3. The number of H-pyrrole nitrogens is 1. The van der Waals surface area contributed by atoms with Gasteiger partial charge in [-0.2, -0.15) is 18.3 Å². The summed E-state index contributed by atoms with van der Waals surface area (Å²) in [6, 6.07) is 1.92. The number of aryl methyl sites for hydroxylation is 1. The Balaban J connectivity index is 1.71. The topological polar surface area (TPSA) is 90.0 Å². The smallest absolute Gasteiger partial charge is 0.416 e. The molecule has 0 bridgehead atoms. The molecule has 0 aliphatic carbocycles. The predicted octanol–water partition coefficient (Wildman–Crippen LogP) is 3.95. The Hall–Kier alpha value is -2.88. The summed E-state index contributed by atoms with van der Waals surface area (Å²) in [5.74, 6) is 0.0635. The van der Waals surface area contributed by atoms with Crippen LogP contribution in [0.4, 0.5) is 19.0 Å². The number of nitrogens with one attached hydrogen (secondary N) is 2. The predicted molar refractivity (Wildman–Crippen MR) is 107 cm³/mol. The van der Waals surface area contributed by atoms with Gasteiger partial charge in [-0.1, -0.05) is 6.92 Å². The van der Waals surface area contributed by atoms with Crippen molar-refractivity contribution in [1.82, 2.24) is 25.3 Å². The first-order valence-corrected chi connectivity index (χ1v) is 9.87. The average molecular weight is 420 g/mol. The van der Waals surface area contributed by atoms with Gasteiger partial charge in [-0.15, -0.1) is 10.2 Å². The second-order valence-electron chi connectivity index (χ2n) is 7.62. The fourth-order valence-electron chi connectivity index (χ4n) is 4.03. The zero-order chi connectivity index (χ0) is 21.5. The van der Waals surface area contributed by atoms with Crippen molar-refractivity contribution in [2.45, 2.75) is 38.9 Å². The second-order valence-corrected chi connectivity index (χ2v) is 7.62. The molecule has 0 radical (unpaired) electrons. The summed E-state index contributed by atoms with van der Waals surface area (Å²) in [6.45, 7) is 6.59. The third kappa shape index (κ3) is 3.79. The highest BCUT2D eigenvalue weighted by Crippen LogP contribution is 2.40.